The largest absolute Gasteiger partial charge is 0.489 e. The minimum atomic E-state index is 0.214. The Labute approximate surface area is 149 Å². The van der Waals surface area contributed by atoms with Gasteiger partial charge in [-0.25, -0.2) is 0 Å². The fraction of sp³-hybridized carbons (Fsp3) is 0.600. The summed E-state index contributed by atoms with van der Waals surface area (Å²) >= 11 is 0. The summed E-state index contributed by atoms with van der Waals surface area (Å²) in [4.78, 5) is 19.0. The van der Waals surface area contributed by atoms with Gasteiger partial charge >= 0.3 is 0 Å². The number of rotatable bonds is 4. The highest BCUT2D eigenvalue weighted by Gasteiger charge is 2.39. The van der Waals surface area contributed by atoms with Crippen molar-refractivity contribution in [2.45, 2.75) is 64.0 Å². The molecule has 1 aromatic carbocycles. The standard InChI is InChI=1S/C20H27N3O2/c1-12-6-9-15-17(23(12)20(24)13-7-8-13)11-10-16(19(21)22-2)18(15)25-14-4-3-5-14/h10-14H,3-9H2,1-2H3,(H2,21,22)/t12-/m0/s1. The molecule has 1 amide bonds. The zero-order valence-corrected chi connectivity index (χ0v) is 15.1. The molecular formula is C20H27N3O2. The SMILES string of the molecule is CN=C(N)c1ccc2c(c1OC1CCC1)CC[C@H](C)N2C(=O)C1CC1. The van der Waals surface area contributed by atoms with Crippen LogP contribution < -0.4 is 15.4 Å². The van der Waals surface area contributed by atoms with Crippen LogP contribution in [-0.2, 0) is 11.2 Å². The molecule has 5 nitrogen and oxygen atoms in total. The Hall–Kier alpha value is -2.04. The van der Waals surface area contributed by atoms with Gasteiger partial charge < -0.3 is 15.4 Å². The summed E-state index contributed by atoms with van der Waals surface area (Å²) in [5.74, 6) is 1.83. The lowest BCUT2D eigenvalue weighted by Crippen LogP contribution is -2.43. The molecule has 1 atom stereocenters. The van der Waals surface area contributed by atoms with Crippen molar-refractivity contribution in [3.05, 3.63) is 23.3 Å². The summed E-state index contributed by atoms with van der Waals surface area (Å²) in [6.45, 7) is 2.14. The third-order valence-electron chi connectivity index (χ3n) is 5.77. The van der Waals surface area contributed by atoms with Crippen LogP contribution >= 0.6 is 0 Å². The monoisotopic (exact) mass is 341 g/mol. The molecule has 2 saturated carbocycles. The van der Waals surface area contributed by atoms with Crippen molar-refractivity contribution in [1.82, 2.24) is 0 Å². The zero-order valence-electron chi connectivity index (χ0n) is 15.1. The maximum atomic E-state index is 12.8. The van der Waals surface area contributed by atoms with E-state index < -0.39 is 0 Å². The molecule has 0 spiro atoms. The number of carbonyl (C=O) groups is 1. The van der Waals surface area contributed by atoms with Crippen molar-refractivity contribution in [3.8, 4) is 5.75 Å². The second-order valence-corrected chi connectivity index (χ2v) is 7.59. The molecular weight excluding hydrogens is 314 g/mol. The predicted molar refractivity (Wildman–Crippen MR) is 99.4 cm³/mol. The number of anilines is 1. The minimum absolute atomic E-state index is 0.214. The van der Waals surface area contributed by atoms with Crippen molar-refractivity contribution >= 4 is 17.4 Å². The minimum Gasteiger partial charge on any atom is -0.489 e. The third kappa shape index (κ3) is 2.90. The molecule has 2 aliphatic carbocycles. The van der Waals surface area contributed by atoms with E-state index in [9.17, 15) is 4.79 Å². The van der Waals surface area contributed by atoms with E-state index in [4.69, 9.17) is 10.5 Å². The highest BCUT2D eigenvalue weighted by molar-refractivity contribution is 6.03. The maximum Gasteiger partial charge on any atom is 0.230 e. The molecule has 1 aromatic rings. The number of aliphatic imine (C=N–C) groups is 1. The van der Waals surface area contributed by atoms with E-state index in [1.807, 2.05) is 17.0 Å². The average Bonchev–Trinajstić information content (AvgIpc) is 3.41. The van der Waals surface area contributed by atoms with Crippen LogP contribution in [0.15, 0.2) is 17.1 Å². The Morgan fingerprint density at radius 1 is 1.24 bits per heavy atom. The van der Waals surface area contributed by atoms with E-state index in [-0.39, 0.29) is 24.0 Å². The number of benzene rings is 1. The summed E-state index contributed by atoms with van der Waals surface area (Å²) in [5, 5.41) is 0. The fourth-order valence-corrected chi connectivity index (χ4v) is 3.78. The molecule has 2 N–H and O–H groups in total. The van der Waals surface area contributed by atoms with E-state index in [1.54, 1.807) is 7.05 Å². The number of amidine groups is 1. The van der Waals surface area contributed by atoms with E-state index in [0.29, 0.717) is 5.84 Å². The first-order valence-electron chi connectivity index (χ1n) is 9.48. The van der Waals surface area contributed by atoms with Gasteiger partial charge in [0, 0.05) is 24.6 Å². The van der Waals surface area contributed by atoms with Crippen LogP contribution in [-0.4, -0.2) is 30.9 Å². The van der Waals surface area contributed by atoms with Crippen LogP contribution in [0, 0.1) is 5.92 Å². The highest BCUT2D eigenvalue weighted by Crippen LogP contribution is 2.43. The molecule has 134 valence electrons. The van der Waals surface area contributed by atoms with Crippen molar-refractivity contribution in [1.29, 1.82) is 0 Å². The van der Waals surface area contributed by atoms with Crippen LogP contribution in [0.4, 0.5) is 5.69 Å². The van der Waals surface area contributed by atoms with Crippen LogP contribution in [0.5, 0.6) is 5.75 Å². The van der Waals surface area contributed by atoms with Crippen LogP contribution in [0.3, 0.4) is 0 Å². The lowest BCUT2D eigenvalue weighted by Gasteiger charge is -2.38. The number of ether oxygens (including phenoxy) is 1. The smallest absolute Gasteiger partial charge is 0.230 e. The van der Waals surface area contributed by atoms with Gasteiger partial charge in [-0.1, -0.05) is 0 Å². The van der Waals surface area contributed by atoms with Crippen LogP contribution in [0.25, 0.3) is 0 Å². The van der Waals surface area contributed by atoms with E-state index in [1.165, 1.54) is 6.42 Å². The molecule has 0 saturated heterocycles. The van der Waals surface area contributed by atoms with Gasteiger partial charge in [-0.3, -0.25) is 9.79 Å². The van der Waals surface area contributed by atoms with Gasteiger partial charge in [-0.05, 0) is 64.0 Å². The van der Waals surface area contributed by atoms with E-state index in [0.717, 1.165) is 61.1 Å². The number of nitrogens with two attached hydrogens (primary N) is 1. The normalized spacial score (nSPS) is 23.8. The summed E-state index contributed by atoms with van der Waals surface area (Å²) in [6, 6.07) is 4.24. The van der Waals surface area contributed by atoms with Crippen LogP contribution in [0.1, 0.15) is 56.6 Å². The summed E-state index contributed by atoms with van der Waals surface area (Å²) in [7, 11) is 1.70. The summed E-state index contributed by atoms with van der Waals surface area (Å²) < 4.78 is 6.34. The topological polar surface area (TPSA) is 67.9 Å². The Bertz CT molecular complexity index is 720. The van der Waals surface area contributed by atoms with Gasteiger partial charge in [-0.15, -0.1) is 0 Å². The number of hydrogen-bond donors (Lipinski definition) is 1. The lowest BCUT2D eigenvalue weighted by atomic mass is 9.91. The first-order chi connectivity index (χ1) is 12.1. The first kappa shape index (κ1) is 16.4. The van der Waals surface area contributed by atoms with Gasteiger partial charge in [-0.2, -0.15) is 0 Å². The molecule has 3 aliphatic rings. The Morgan fingerprint density at radius 2 is 2.00 bits per heavy atom. The molecule has 0 bridgehead atoms. The first-order valence-corrected chi connectivity index (χ1v) is 9.48. The van der Waals surface area contributed by atoms with E-state index in [2.05, 4.69) is 11.9 Å². The molecule has 1 aliphatic heterocycles. The van der Waals surface area contributed by atoms with Gasteiger partial charge in [0.25, 0.3) is 0 Å². The Morgan fingerprint density at radius 3 is 2.60 bits per heavy atom. The predicted octanol–water partition coefficient (Wildman–Crippen LogP) is 3.03. The molecule has 25 heavy (non-hydrogen) atoms. The number of fused-ring (bicyclic) bond motifs is 1. The van der Waals surface area contributed by atoms with Gasteiger partial charge in [0.05, 0.1) is 17.4 Å². The Kier molecular flexibility index (Phi) is 4.18. The zero-order chi connectivity index (χ0) is 17.6. The van der Waals surface area contributed by atoms with Crippen LogP contribution in [0.2, 0.25) is 0 Å². The van der Waals surface area contributed by atoms with Crippen molar-refractivity contribution < 1.29 is 9.53 Å². The summed E-state index contributed by atoms with van der Waals surface area (Å²) in [5.41, 5.74) is 9.13. The molecule has 0 aromatic heterocycles. The third-order valence-corrected chi connectivity index (χ3v) is 5.77. The lowest BCUT2D eigenvalue weighted by molar-refractivity contribution is -0.120. The van der Waals surface area contributed by atoms with Gasteiger partial charge in [0.2, 0.25) is 5.91 Å². The number of amides is 1. The molecule has 2 fully saturated rings. The maximum absolute atomic E-state index is 12.8. The average molecular weight is 341 g/mol. The molecule has 0 radical (unpaired) electrons. The molecule has 5 heteroatoms. The second kappa shape index (κ2) is 6.36. The van der Waals surface area contributed by atoms with Crippen molar-refractivity contribution in [2.75, 3.05) is 11.9 Å². The number of hydrogen-bond acceptors (Lipinski definition) is 3. The molecule has 1 heterocycles. The number of nitrogens with zero attached hydrogens (tertiary/aromatic N) is 2. The van der Waals surface area contributed by atoms with E-state index >= 15 is 0 Å². The quantitative estimate of drug-likeness (QED) is 0.676. The summed E-state index contributed by atoms with van der Waals surface area (Å²) in [6.07, 6.45) is 7.59. The number of carbonyl (C=O) groups excluding carboxylic acids is 1. The van der Waals surface area contributed by atoms with Crippen molar-refractivity contribution in [3.63, 3.8) is 0 Å². The fourth-order valence-electron chi connectivity index (χ4n) is 3.78. The Balaban J connectivity index is 1.78. The molecule has 4 rings (SSSR count). The van der Waals surface area contributed by atoms with Gasteiger partial charge in [0.15, 0.2) is 0 Å². The highest BCUT2D eigenvalue weighted by atomic mass is 16.5. The second-order valence-electron chi connectivity index (χ2n) is 7.59. The van der Waals surface area contributed by atoms with Gasteiger partial charge in [0.1, 0.15) is 11.6 Å². The molecule has 0 unspecified atom stereocenters. The van der Waals surface area contributed by atoms with Crippen molar-refractivity contribution in [2.24, 2.45) is 16.6 Å².